The highest BCUT2D eigenvalue weighted by atomic mass is 32.2. The number of phenolic OH excluding ortho intramolecular Hbond substituents is 1. The quantitative estimate of drug-likeness (QED) is 0.0531. The second-order valence-corrected chi connectivity index (χ2v) is 40.1. The van der Waals surface area contributed by atoms with Crippen LogP contribution in [0, 0.1) is 17.3 Å². The summed E-state index contributed by atoms with van der Waals surface area (Å²) in [6.07, 6.45) is -8.63. The van der Waals surface area contributed by atoms with Gasteiger partial charge >= 0.3 is 23.9 Å². The van der Waals surface area contributed by atoms with Crippen LogP contribution in [-0.2, 0) is 132 Å². The van der Waals surface area contributed by atoms with Gasteiger partial charge in [0.2, 0.25) is 88.6 Å². The van der Waals surface area contributed by atoms with E-state index in [9.17, 15) is 83.1 Å². The molecule has 1 saturated heterocycles. The lowest BCUT2D eigenvalue weighted by atomic mass is 9.81. The molecule has 8 heterocycles. The van der Waals surface area contributed by atoms with Gasteiger partial charge in [0.05, 0.1) is 43.2 Å². The molecule has 15 rings (SSSR count). The molecule has 0 saturated carbocycles. The maximum absolute atomic E-state index is 15.8. The van der Waals surface area contributed by atoms with Crippen LogP contribution in [0.2, 0.25) is 0 Å². The van der Waals surface area contributed by atoms with Gasteiger partial charge in [0.15, 0.2) is 23.3 Å². The summed E-state index contributed by atoms with van der Waals surface area (Å²) in [4.78, 5) is 303. The molecule has 15 amide bonds. The van der Waals surface area contributed by atoms with Crippen molar-refractivity contribution in [1.82, 2.24) is 84.1 Å². The Labute approximate surface area is 860 Å². The molecule has 2 unspecified atom stereocenters. The second-order valence-electron chi connectivity index (χ2n) is 37.0. The Morgan fingerprint density at radius 1 is 0.432 bits per heavy atom. The Bertz CT molecular complexity index is 6300. The summed E-state index contributed by atoms with van der Waals surface area (Å²) in [6.45, 7) is 7.26. The van der Waals surface area contributed by atoms with Gasteiger partial charge in [0.25, 0.3) is 0 Å². The van der Waals surface area contributed by atoms with Crippen molar-refractivity contribution in [3.05, 3.63) is 203 Å². The summed E-state index contributed by atoms with van der Waals surface area (Å²) < 4.78 is 0. The minimum atomic E-state index is -2.45. The third-order valence-electron chi connectivity index (χ3n) is 24.3. The molecule has 1 aromatic heterocycles. The number of hydrogen-bond acceptors (Lipinski definition) is 28. The number of amides is 15. The smallest absolute Gasteiger partial charge is 0.309 e. The van der Waals surface area contributed by atoms with Crippen LogP contribution in [0.3, 0.4) is 0 Å². The Hall–Kier alpha value is -15.8. The molecule has 0 spiro atoms. The van der Waals surface area contributed by atoms with Crippen LogP contribution in [0.25, 0.3) is 44.9 Å². The van der Waals surface area contributed by atoms with Gasteiger partial charge in [0, 0.05) is 83.3 Å². The van der Waals surface area contributed by atoms with Crippen LogP contribution in [0.5, 0.6) is 5.75 Å². The molecule has 7 aliphatic heterocycles. The molecule has 148 heavy (non-hydrogen) atoms. The number of aromatic nitrogens is 3. The van der Waals surface area contributed by atoms with Crippen molar-refractivity contribution < 1.29 is 121 Å². The molecule has 24 N–H and O–H groups in total. The standard InChI is InChI=1S/C101H115N19O25S3/c1-50(102)87(131)114-74-48-147-45-55-20-28-59(29-21-55)85-118-84-58-26-18-54(19-27-58)44-146-47-62(83(104)130)39-76(122)82(101(3,4)5)117-96(140)73(43-80(128)129)113-91(135)68(37-53-24-32-63(121)33-25-53)108-90(134)67(36-52-12-7-6-8-13-52)109-94(138)72(42-79(126)127)112-92(136)70-40-65(100(144)145)81(99(143)115-75(98(142)111-70)49-148-46-56-22-30-60(31-23-56)86(119-84)120-85)116-95(139)69(38-61-16-11-15-57-14-9-10-17-64(57)61)110-89(133)66(34-35-78(124)125)106-93(137)71(41-77(103)123)107-88(132)51(2)105-97(74)141/h6-33,50-51,62,65-75,81-82,121H,34-49,102H2,1-5H3,(H2,103,123)(H2,104,130)(H,105,141)(H,106,137)(H,107,132)(H,108,134)(H,109,138)(H,110,133)(H,111,142)(H,112,136)(H,113,135)(H,114,131)(H,115,143)(H,116,139)(H,117,140)(H,124,125)(H,126,127)(H,128,129)(H,144,145)/t50-,51+,62-,65?,66-,67-,68-,69-,70-,71-,72-,73?,74-,75+,81+,82+/m0/s1. The Morgan fingerprint density at radius 2 is 0.865 bits per heavy atom. The van der Waals surface area contributed by atoms with Crippen molar-refractivity contribution in [3.63, 3.8) is 0 Å². The minimum absolute atomic E-state index is 0.00941. The molecule has 0 aliphatic carbocycles. The fourth-order valence-electron chi connectivity index (χ4n) is 16.3. The monoisotopic (exact) mass is 2090 g/mol. The summed E-state index contributed by atoms with van der Waals surface area (Å²) in [5.41, 5.74) is 20.5. The zero-order valence-corrected chi connectivity index (χ0v) is 83.4. The van der Waals surface area contributed by atoms with Crippen molar-refractivity contribution in [2.24, 2.45) is 34.5 Å². The predicted octanol–water partition coefficient (Wildman–Crippen LogP) is 0.757. The van der Waals surface area contributed by atoms with E-state index in [1.165, 1.54) is 92.0 Å². The number of rotatable bonds is 19. The van der Waals surface area contributed by atoms with Gasteiger partial charge in [-0.3, -0.25) is 95.9 Å². The number of phenols is 1. The van der Waals surface area contributed by atoms with E-state index >= 15 is 38.4 Å². The van der Waals surface area contributed by atoms with Gasteiger partial charge in [-0.15, -0.1) is 0 Å². The Morgan fingerprint density at radius 3 is 1.37 bits per heavy atom. The van der Waals surface area contributed by atoms with Crippen molar-refractivity contribution in [2.45, 2.75) is 201 Å². The van der Waals surface area contributed by atoms with E-state index in [4.69, 9.17) is 32.2 Å². The fraction of sp³-hybridized carbons (Fsp3) is 0.376. The number of carbonyl (C=O) groups is 20. The number of ketones is 1. The Kier molecular flexibility index (Phi) is 39.8. The number of aliphatic carboxylic acids is 4. The largest absolute Gasteiger partial charge is 0.508 e. The molecule has 7 aromatic carbocycles. The Balaban J connectivity index is 1.04. The van der Waals surface area contributed by atoms with Gasteiger partial charge in [-0.05, 0) is 88.4 Å². The molecule has 7 aliphatic rings. The first-order chi connectivity index (χ1) is 70.3. The maximum Gasteiger partial charge on any atom is 0.309 e. The minimum Gasteiger partial charge on any atom is -0.508 e. The van der Waals surface area contributed by atoms with Gasteiger partial charge in [-0.2, -0.15) is 35.3 Å². The summed E-state index contributed by atoms with van der Waals surface area (Å²) in [6, 6.07) is 18.5. The summed E-state index contributed by atoms with van der Waals surface area (Å²) in [5, 5.41) is 85.7. The molecule has 0 radical (unpaired) electrons. The van der Waals surface area contributed by atoms with Crippen LogP contribution >= 0.6 is 35.3 Å². The number of nitrogens with one attached hydrogen (secondary N) is 13. The number of primary amides is 2. The van der Waals surface area contributed by atoms with Gasteiger partial charge in [0.1, 0.15) is 78.3 Å². The number of aromatic hydroxyl groups is 1. The van der Waals surface area contributed by atoms with E-state index in [0.717, 1.165) is 11.8 Å². The number of nitrogens with two attached hydrogens (primary N) is 3. The number of Topliss-reactive ketones (excluding diaryl/α,β-unsaturated/α-hetero) is 1. The molecule has 44 nitrogen and oxygen atoms in total. The van der Waals surface area contributed by atoms with E-state index in [1.54, 1.807) is 136 Å². The first-order valence-electron chi connectivity index (χ1n) is 47.0. The molecular weight excluding hydrogens is 1980 g/mol. The highest BCUT2D eigenvalue weighted by molar-refractivity contribution is 7.99. The SMILES string of the molecule is C[C@H](N)C(=O)N[C@H]1CSCc2ccc(cc2)-c2nc3nc(n2)-c2ccc(cc2)CSC[C@H]2NC(=O)[C@H](NC(=O)[C@H](Cc4cccc5ccccc45)NC(=O)[C@H](CCC(=O)O)NC(=O)[C@H](CC(N)=O)NC(=O)[C@@H](C)NC1=O)C(C(=O)O)C[C@H](NC2=O)C(=O)N[C@@H](CC(=O)O)C(=O)N[C@@H](Cc1ccccc1)C(=O)N[C@@H](Cc1ccc(O)cc1)C(=O)NC(CC(=O)O)C(=O)N[C@@H](C(C)(C)C)C(=O)C[C@H](C(N)=O)CSCc1ccc-3cc1. The van der Waals surface area contributed by atoms with Crippen molar-refractivity contribution in [2.75, 3.05) is 17.3 Å². The number of carboxylic acids is 4. The second kappa shape index (κ2) is 52.3. The zero-order chi connectivity index (χ0) is 107. The average molecular weight is 2090 g/mol. The van der Waals surface area contributed by atoms with Crippen molar-refractivity contribution in [1.29, 1.82) is 0 Å². The lowest BCUT2D eigenvalue weighted by Crippen LogP contribution is -2.61. The van der Waals surface area contributed by atoms with E-state index in [2.05, 4.69) is 69.1 Å². The molecule has 12 bridgehead atoms. The average Bonchev–Trinajstić information content (AvgIpc) is 1.55. The predicted molar refractivity (Wildman–Crippen MR) is 541 cm³/mol. The maximum atomic E-state index is 15.8. The van der Waals surface area contributed by atoms with Crippen LogP contribution in [-0.4, -0.2) is 261 Å². The van der Waals surface area contributed by atoms with Crippen LogP contribution in [0.1, 0.15) is 113 Å². The van der Waals surface area contributed by atoms with E-state index in [0.29, 0.717) is 49.7 Å². The summed E-state index contributed by atoms with van der Waals surface area (Å²) in [7, 11) is 0. The van der Waals surface area contributed by atoms with E-state index in [1.807, 2.05) is 0 Å². The van der Waals surface area contributed by atoms with Crippen molar-refractivity contribution in [3.8, 4) is 39.9 Å². The third-order valence-corrected chi connectivity index (χ3v) is 27.7. The molecule has 16 atom stereocenters. The third kappa shape index (κ3) is 32.6. The molecule has 47 heteroatoms. The zero-order valence-electron chi connectivity index (χ0n) is 80.9. The normalized spacial score (nSPS) is 23.4. The first kappa shape index (κ1) is 113. The van der Waals surface area contributed by atoms with Crippen LogP contribution < -0.4 is 86.3 Å². The molecular formula is C101H115N19O25S3. The first-order valence-corrected chi connectivity index (χ1v) is 50.5. The summed E-state index contributed by atoms with van der Waals surface area (Å²) in [5.74, 6) is -29.6. The van der Waals surface area contributed by atoms with Crippen LogP contribution in [0.4, 0.5) is 0 Å². The van der Waals surface area contributed by atoms with Gasteiger partial charge < -0.3 is 112 Å². The highest BCUT2D eigenvalue weighted by Crippen LogP contribution is 2.32. The van der Waals surface area contributed by atoms with Gasteiger partial charge in [-0.1, -0.05) is 178 Å². The number of nitrogens with zero attached hydrogens (tertiary/aromatic N) is 3. The number of carbonyl (C=O) groups excluding carboxylic acids is 16. The molecule has 8 aromatic rings. The van der Waals surface area contributed by atoms with Crippen LogP contribution in [0.15, 0.2) is 170 Å². The molecule has 782 valence electrons. The number of benzene rings is 7. The van der Waals surface area contributed by atoms with E-state index < -0.39 is 290 Å². The number of fused-ring (bicyclic) bond motifs is 3. The number of carboxylic acid groups (broad SMARTS) is 4. The fourth-order valence-corrected chi connectivity index (χ4v) is 19.4. The topological polar surface area (TPSA) is 716 Å². The lowest BCUT2D eigenvalue weighted by molar-refractivity contribution is -0.147. The highest BCUT2D eigenvalue weighted by Gasteiger charge is 2.46. The van der Waals surface area contributed by atoms with Crippen molar-refractivity contribution >= 4 is 164 Å². The number of hydrogen-bond donors (Lipinski definition) is 21. The lowest BCUT2D eigenvalue weighted by Gasteiger charge is -2.32. The van der Waals surface area contributed by atoms with E-state index in [-0.39, 0.29) is 63.1 Å². The molecule has 1 fully saturated rings. The summed E-state index contributed by atoms with van der Waals surface area (Å²) >= 11 is 3.43. The number of thioether (sulfide) groups is 3. The van der Waals surface area contributed by atoms with Gasteiger partial charge in [-0.25, -0.2) is 15.0 Å².